The molecule has 0 fully saturated rings. The van der Waals surface area contributed by atoms with E-state index in [0.717, 1.165) is 0 Å². The van der Waals surface area contributed by atoms with Crippen molar-refractivity contribution in [3.8, 4) is 11.1 Å². The maximum absolute atomic E-state index is 14.9. The number of benzene rings is 2. The molecule has 0 amide bonds. The SMILES string of the molecule is CC(C)c1c(-c2ccc(F)cc2)c2cc3cn[nH]c3c(F)c2[nH]c1=O. The summed E-state index contributed by atoms with van der Waals surface area (Å²) in [4.78, 5) is 15.3. The number of hydrogen-bond acceptors (Lipinski definition) is 2. The van der Waals surface area contributed by atoms with Crippen molar-refractivity contribution in [2.24, 2.45) is 0 Å². The molecule has 0 aliphatic rings. The highest BCUT2D eigenvalue weighted by Crippen LogP contribution is 2.36. The van der Waals surface area contributed by atoms with Gasteiger partial charge in [-0.15, -0.1) is 0 Å². The number of H-pyrrole nitrogens is 2. The molecule has 4 rings (SSSR count). The van der Waals surface area contributed by atoms with Crippen molar-refractivity contribution < 1.29 is 8.78 Å². The highest BCUT2D eigenvalue weighted by Gasteiger charge is 2.20. The first-order chi connectivity index (χ1) is 12.0. The van der Waals surface area contributed by atoms with Crippen molar-refractivity contribution >= 4 is 21.8 Å². The predicted molar refractivity (Wildman–Crippen MR) is 93.7 cm³/mol. The topological polar surface area (TPSA) is 61.5 Å². The van der Waals surface area contributed by atoms with Gasteiger partial charge in [-0.1, -0.05) is 26.0 Å². The van der Waals surface area contributed by atoms with Gasteiger partial charge in [0.1, 0.15) is 11.3 Å². The maximum atomic E-state index is 14.9. The minimum absolute atomic E-state index is 0.0867. The van der Waals surface area contributed by atoms with Gasteiger partial charge in [-0.25, -0.2) is 8.78 Å². The van der Waals surface area contributed by atoms with Gasteiger partial charge in [0.15, 0.2) is 5.82 Å². The Kier molecular flexibility index (Phi) is 3.42. The lowest BCUT2D eigenvalue weighted by atomic mass is 9.90. The largest absolute Gasteiger partial charge is 0.319 e. The zero-order valence-corrected chi connectivity index (χ0v) is 13.7. The molecule has 0 saturated carbocycles. The number of fused-ring (bicyclic) bond motifs is 2. The zero-order chi connectivity index (χ0) is 17.7. The smallest absolute Gasteiger partial charge is 0.252 e. The molecule has 0 aliphatic heterocycles. The lowest BCUT2D eigenvalue weighted by molar-refractivity contribution is 0.628. The number of rotatable bonds is 2. The first kappa shape index (κ1) is 15.5. The zero-order valence-electron chi connectivity index (χ0n) is 13.7. The molecule has 2 heterocycles. The molecule has 0 aliphatic carbocycles. The predicted octanol–water partition coefficient (Wildman–Crippen LogP) is 4.47. The molecule has 0 unspecified atom stereocenters. The number of nitrogens with one attached hydrogen (secondary N) is 2. The molecule has 126 valence electrons. The summed E-state index contributed by atoms with van der Waals surface area (Å²) in [6.45, 7) is 3.80. The van der Waals surface area contributed by atoms with Gasteiger partial charge in [0.25, 0.3) is 5.56 Å². The van der Waals surface area contributed by atoms with E-state index >= 15 is 0 Å². The van der Waals surface area contributed by atoms with E-state index in [1.165, 1.54) is 18.3 Å². The van der Waals surface area contributed by atoms with Crippen LogP contribution in [0.25, 0.3) is 32.9 Å². The summed E-state index contributed by atoms with van der Waals surface area (Å²) in [5.74, 6) is -1.01. The standard InChI is InChI=1S/C19H15F2N3O/c1-9(2)14-15(10-3-5-12(20)6-4-10)13-7-11-8-22-24-17(11)16(21)18(13)23-19(14)25/h3-9H,1-2H3,(H,22,24)(H,23,25). The highest BCUT2D eigenvalue weighted by atomic mass is 19.1. The molecule has 2 N–H and O–H groups in total. The molecule has 2 aromatic heterocycles. The van der Waals surface area contributed by atoms with Gasteiger partial charge in [-0.3, -0.25) is 9.89 Å². The lowest BCUT2D eigenvalue weighted by Gasteiger charge is -2.16. The van der Waals surface area contributed by atoms with Crippen LogP contribution >= 0.6 is 0 Å². The van der Waals surface area contributed by atoms with Gasteiger partial charge < -0.3 is 4.98 Å². The van der Waals surface area contributed by atoms with Crippen LogP contribution < -0.4 is 5.56 Å². The van der Waals surface area contributed by atoms with Gasteiger partial charge in [0, 0.05) is 21.9 Å². The van der Waals surface area contributed by atoms with Crippen LogP contribution in [0, 0.1) is 11.6 Å². The van der Waals surface area contributed by atoms with Gasteiger partial charge in [-0.2, -0.15) is 5.10 Å². The third kappa shape index (κ3) is 2.33. The molecular formula is C19H15F2N3O. The minimum atomic E-state index is -0.555. The normalized spacial score (nSPS) is 11.7. The van der Waals surface area contributed by atoms with Gasteiger partial charge >= 0.3 is 0 Å². The number of hydrogen-bond donors (Lipinski definition) is 2. The molecule has 0 radical (unpaired) electrons. The van der Waals surface area contributed by atoms with Crippen LogP contribution in [-0.2, 0) is 0 Å². The van der Waals surface area contributed by atoms with Crippen molar-refractivity contribution in [3.63, 3.8) is 0 Å². The molecule has 0 atom stereocenters. The molecule has 25 heavy (non-hydrogen) atoms. The fourth-order valence-corrected chi connectivity index (χ4v) is 3.29. The third-order valence-corrected chi connectivity index (χ3v) is 4.41. The Balaban J connectivity index is 2.23. The second-order valence-corrected chi connectivity index (χ2v) is 6.35. The third-order valence-electron chi connectivity index (χ3n) is 4.41. The molecule has 4 nitrogen and oxygen atoms in total. The van der Waals surface area contributed by atoms with E-state index in [2.05, 4.69) is 15.2 Å². The summed E-state index contributed by atoms with van der Waals surface area (Å²) in [6.07, 6.45) is 1.53. The molecule has 2 aromatic carbocycles. The average molecular weight is 339 g/mol. The first-order valence-electron chi connectivity index (χ1n) is 7.94. The minimum Gasteiger partial charge on any atom is -0.319 e. The van der Waals surface area contributed by atoms with E-state index in [9.17, 15) is 13.6 Å². The second-order valence-electron chi connectivity index (χ2n) is 6.35. The Morgan fingerprint density at radius 3 is 2.48 bits per heavy atom. The Morgan fingerprint density at radius 1 is 1.08 bits per heavy atom. The van der Waals surface area contributed by atoms with Gasteiger partial charge in [-0.05, 0) is 29.7 Å². The van der Waals surface area contributed by atoms with Crippen LogP contribution in [0.4, 0.5) is 8.78 Å². The highest BCUT2D eigenvalue weighted by molar-refractivity contribution is 6.03. The molecule has 0 bridgehead atoms. The van der Waals surface area contributed by atoms with Gasteiger partial charge in [0.2, 0.25) is 0 Å². The van der Waals surface area contributed by atoms with Crippen LogP contribution in [-0.4, -0.2) is 15.2 Å². The van der Waals surface area contributed by atoms with Crippen molar-refractivity contribution in [1.29, 1.82) is 0 Å². The number of halogens is 2. The van der Waals surface area contributed by atoms with E-state index in [4.69, 9.17) is 0 Å². The van der Waals surface area contributed by atoms with Crippen LogP contribution in [0.15, 0.2) is 41.3 Å². The summed E-state index contributed by atoms with van der Waals surface area (Å²) < 4.78 is 28.2. The van der Waals surface area contributed by atoms with Crippen LogP contribution in [0.2, 0.25) is 0 Å². The lowest BCUT2D eigenvalue weighted by Crippen LogP contribution is -2.16. The Bertz CT molecular complexity index is 1160. The van der Waals surface area contributed by atoms with Gasteiger partial charge in [0.05, 0.1) is 11.7 Å². The molecule has 0 saturated heterocycles. The number of aromatic nitrogens is 3. The van der Waals surface area contributed by atoms with E-state index in [0.29, 0.717) is 27.5 Å². The summed E-state index contributed by atoms with van der Waals surface area (Å²) in [7, 11) is 0. The number of nitrogens with zero attached hydrogens (tertiary/aromatic N) is 1. The average Bonchev–Trinajstić information content (AvgIpc) is 3.04. The molecular weight excluding hydrogens is 324 g/mol. The summed E-state index contributed by atoms with van der Waals surface area (Å²) in [5.41, 5.74) is 1.84. The summed E-state index contributed by atoms with van der Waals surface area (Å²) >= 11 is 0. The van der Waals surface area contributed by atoms with Crippen LogP contribution in [0.5, 0.6) is 0 Å². The Morgan fingerprint density at radius 2 is 1.80 bits per heavy atom. The first-order valence-corrected chi connectivity index (χ1v) is 7.94. The molecule has 6 heteroatoms. The molecule has 0 spiro atoms. The molecule has 4 aromatic rings. The summed E-state index contributed by atoms with van der Waals surface area (Å²) in [6, 6.07) is 7.66. The van der Waals surface area contributed by atoms with Crippen molar-refractivity contribution in [2.45, 2.75) is 19.8 Å². The maximum Gasteiger partial charge on any atom is 0.252 e. The monoisotopic (exact) mass is 339 g/mol. The van der Waals surface area contributed by atoms with E-state index in [-0.39, 0.29) is 28.3 Å². The van der Waals surface area contributed by atoms with Crippen LogP contribution in [0.3, 0.4) is 0 Å². The second kappa shape index (κ2) is 5.51. The fraction of sp³-hybridized carbons (Fsp3) is 0.158. The summed E-state index contributed by atoms with van der Waals surface area (Å²) in [5, 5.41) is 7.66. The van der Waals surface area contributed by atoms with E-state index in [1.54, 1.807) is 18.2 Å². The van der Waals surface area contributed by atoms with E-state index < -0.39 is 5.82 Å². The quantitative estimate of drug-likeness (QED) is 0.566. The number of aromatic amines is 2. The van der Waals surface area contributed by atoms with Crippen molar-refractivity contribution in [2.75, 3.05) is 0 Å². The fourth-order valence-electron chi connectivity index (χ4n) is 3.29. The van der Waals surface area contributed by atoms with Crippen LogP contribution in [0.1, 0.15) is 25.3 Å². The number of pyridine rings is 1. The van der Waals surface area contributed by atoms with E-state index in [1.807, 2.05) is 13.8 Å². The van der Waals surface area contributed by atoms with Crippen molar-refractivity contribution in [1.82, 2.24) is 15.2 Å². The Labute approximate surface area is 141 Å². The Hall–Kier alpha value is -3.02. The van der Waals surface area contributed by atoms with Crippen molar-refractivity contribution in [3.05, 3.63) is 64.1 Å².